The molecule has 1 rings (SSSR count). The molecule has 0 aromatic rings. The van der Waals surface area contributed by atoms with Crippen LogP contribution in [0.25, 0.3) is 0 Å². The number of cyclic esters (lactones) is 1. The maximum atomic E-state index is 10.9. The van der Waals surface area contributed by atoms with Crippen molar-refractivity contribution in [2.45, 2.75) is 43.9 Å². The number of hydrogen-bond acceptors (Lipinski definition) is 6. The van der Waals surface area contributed by atoms with Gasteiger partial charge in [-0.15, -0.1) is 0 Å². The van der Waals surface area contributed by atoms with Crippen molar-refractivity contribution in [2.75, 3.05) is 0 Å². The second-order valence-electron chi connectivity index (χ2n) is 4.21. The first-order chi connectivity index (χ1) is 8.41. The van der Waals surface area contributed by atoms with Crippen LogP contribution in [-0.2, 0) is 9.53 Å². The molecule has 1 heterocycles. The van der Waals surface area contributed by atoms with Gasteiger partial charge in [-0.25, -0.2) is 4.79 Å². The van der Waals surface area contributed by atoms with E-state index in [2.05, 4.69) is 0 Å². The highest BCUT2D eigenvalue weighted by Crippen LogP contribution is 2.11. The molecule has 0 amide bonds. The lowest BCUT2D eigenvalue weighted by atomic mass is 10.0. The van der Waals surface area contributed by atoms with Crippen LogP contribution in [0.4, 0.5) is 0 Å². The highest BCUT2D eigenvalue weighted by atomic mass is 16.5. The quantitative estimate of drug-likeness (QED) is 0.367. The van der Waals surface area contributed by atoms with Crippen molar-refractivity contribution in [2.24, 2.45) is 0 Å². The second kappa shape index (κ2) is 6.65. The smallest absolute Gasteiger partial charge is 0.331 e. The lowest BCUT2D eigenvalue weighted by Crippen LogP contribution is -2.42. The second-order valence-corrected chi connectivity index (χ2v) is 4.21. The van der Waals surface area contributed by atoms with E-state index in [0.717, 1.165) is 0 Å². The van der Waals surface area contributed by atoms with E-state index in [1.165, 1.54) is 25.2 Å². The molecule has 0 fully saturated rings. The van der Waals surface area contributed by atoms with Gasteiger partial charge in [-0.2, -0.15) is 0 Å². The summed E-state index contributed by atoms with van der Waals surface area (Å²) in [6.45, 7) is 1.30. The highest BCUT2D eigenvalue weighted by molar-refractivity contribution is 5.82. The monoisotopic (exact) mass is 258 g/mol. The third-order valence-electron chi connectivity index (χ3n) is 2.61. The summed E-state index contributed by atoms with van der Waals surface area (Å²) in [6, 6.07) is 0. The van der Waals surface area contributed by atoms with Crippen LogP contribution in [0.15, 0.2) is 24.3 Å². The topological polar surface area (TPSA) is 107 Å². The standard InChI is InChI=1S/C12H18O6/c1-7(13)11(16)12(17)9(14)6-5-8-3-2-4-10(15)18-8/h2,4-9,11-14,16-17H,3H2,1H3/b6-5-/t7-,8+,9+,11-,12+/m0/s1. The maximum Gasteiger partial charge on any atom is 0.331 e. The molecule has 0 saturated heterocycles. The zero-order chi connectivity index (χ0) is 13.7. The minimum Gasteiger partial charge on any atom is -0.455 e. The largest absolute Gasteiger partial charge is 0.455 e. The van der Waals surface area contributed by atoms with Gasteiger partial charge in [0.2, 0.25) is 0 Å². The van der Waals surface area contributed by atoms with E-state index in [4.69, 9.17) is 9.84 Å². The molecule has 4 N–H and O–H groups in total. The van der Waals surface area contributed by atoms with Crippen molar-refractivity contribution < 1.29 is 30.0 Å². The van der Waals surface area contributed by atoms with Crippen LogP contribution >= 0.6 is 0 Å². The van der Waals surface area contributed by atoms with Gasteiger partial charge in [0.25, 0.3) is 0 Å². The molecule has 0 aromatic heterocycles. The van der Waals surface area contributed by atoms with E-state index in [9.17, 15) is 20.1 Å². The minimum atomic E-state index is -1.50. The van der Waals surface area contributed by atoms with Gasteiger partial charge in [-0.05, 0) is 13.0 Å². The van der Waals surface area contributed by atoms with Crippen LogP contribution < -0.4 is 0 Å². The third kappa shape index (κ3) is 4.23. The van der Waals surface area contributed by atoms with Crippen LogP contribution in [-0.4, -0.2) is 56.9 Å². The van der Waals surface area contributed by atoms with E-state index in [1.54, 1.807) is 6.08 Å². The molecule has 1 aliphatic rings. The van der Waals surface area contributed by atoms with Gasteiger partial charge in [0, 0.05) is 12.5 Å². The number of hydrogen-bond donors (Lipinski definition) is 4. The van der Waals surface area contributed by atoms with Crippen molar-refractivity contribution in [1.82, 2.24) is 0 Å². The minimum absolute atomic E-state index is 0.463. The van der Waals surface area contributed by atoms with Crippen molar-refractivity contribution >= 4 is 5.97 Å². The van der Waals surface area contributed by atoms with E-state index in [-0.39, 0.29) is 0 Å². The lowest BCUT2D eigenvalue weighted by molar-refractivity contribution is -0.141. The summed E-state index contributed by atoms with van der Waals surface area (Å²) >= 11 is 0. The molecule has 0 saturated carbocycles. The number of esters is 1. The predicted molar refractivity (Wildman–Crippen MR) is 62.5 cm³/mol. The Kier molecular flexibility index (Phi) is 5.49. The molecular formula is C12H18O6. The Morgan fingerprint density at radius 2 is 2.00 bits per heavy atom. The van der Waals surface area contributed by atoms with Crippen molar-refractivity contribution in [3.8, 4) is 0 Å². The number of ether oxygens (including phenoxy) is 1. The lowest BCUT2D eigenvalue weighted by Gasteiger charge is -2.23. The van der Waals surface area contributed by atoms with Crippen LogP contribution in [0, 0.1) is 0 Å². The fourth-order valence-corrected chi connectivity index (χ4v) is 1.49. The Balaban J connectivity index is 2.51. The summed E-state index contributed by atoms with van der Waals surface area (Å²) in [7, 11) is 0. The van der Waals surface area contributed by atoms with Crippen molar-refractivity contribution in [3.63, 3.8) is 0 Å². The highest BCUT2D eigenvalue weighted by Gasteiger charge is 2.26. The van der Waals surface area contributed by atoms with Gasteiger partial charge >= 0.3 is 5.97 Å². The van der Waals surface area contributed by atoms with E-state index in [0.29, 0.717) is 6.42 Å². The Morgan fingerprint density at radius 1 is 1.33 bits per heavy atom. The molecule has 0 bridgehead atoms. The molecule has 0 radical (unpaired) electrons. The SMILES string of the molecule is C[C@H](O)[C@H](O)[C@H](O)[C@H](O)/C=C\[C@H]1CC=CC(=O)O1. The molecule has 0 unspecified atom stereocenters. The molecule has 0 aromatic carbocycles. The molecule has 0 spiro atoms. The number of carbonyl (C=O) groups excluding carboxylic acids is 1. The average molecular weight is 258 g/mol. The van der Waals surface area contributed by atoms with Gasteiger partial charge < -0.3 is 25.2 Å². The van der Waals surface area contributed by atoms with Gasteiger partial charge in [0.05, 0.1) is 6.10 Å². The summed E-state index contributed by atoms with van der Waals surface area (Å²) in [4.78, 5) is 10.9. The maximum absolute atomic E-state index is 10.9. The average Bonchev–Trinajstić information content (AvgIpc) is 2.34. The Morgan fingerprint density at radius 3 is 2.56 bits per heavy atom. The first-order valence-corrected chi connectivity index (χ1v) is 5.69. The van der Waals surface area contributed by atoms with Crippen LogP contribution in [0.2, 0.25) is 0 Å². The molecule has 102 valence electrons. The zero-order valence-electron chi connectivity index (χ0n) is 10.0. The van der Waals surface area contributed by atoms with Gasteiger partial charge in [-0.3, -0.25) is 0 Å². The zero-order valence-corrected chi connectivity index (χ0v) is 10.0. The number of aliphatic hydroxyl groups is 4. The Hall–Kier alpha value is -1.21. The third-order valence-corrected chi connectivity index (χ3v) is 2.61. The molecular weight excluding hydrogens is 240 g/mol. The summed E-state index contributed by atoms with van der Waals surface area (Å²) in [5.41, 5.74) is 0. The molecule has 6 heteroatoms. The van der Waals surface area contributed by atoms with E-state index in [1.807, 2.05) is 0 Å². The van der Waals surface area contributed by atoms with Gasteiger partial charge in [-0.1, -0.05) is 12.2 Å². The molecule has 6 nitrogen and oxygen atoms in total. The molecule has 1 aliphatic heterocycles. The predicted octanol–water partition coefficient (Wildman–Crippen LogP) is -1.12. The molecule has 0 aliphatic carbocycles. The van der Waals surface area contributed by atoms with Crippen molar-refractivity contribution in [1.29, 1.82) is 0 Å². The van der Waals surface area contributed by atoms with Crippen molar-refractivity contribution in [3.05, 3.63) is 24.3 Å². The van der Waals surface area contributed by atoms with Crippen LogP contribution in [0.3, 0.4) is 0 Å². The Labute approximate surface area is 105 Å². The summed E-state index contributed by atoms with van der Waals surface area (Å²) in [5.74, 6) is -0.463. The van der Waals surface area contributed by atoms with Crippen LogP contribution in [0.1, 0.15) is 13.3 Å². The summed E-state index contributed by atoms with van der Waals surface area (Å²) in [5, 5.41) is 37.5. The van der Waals surface area contributed by atoms with E-state index >= 15 is 0 Å². The van der Waals surface area contributed by atoms with Gasteiger partial charge in [0.15, 0.2) is 0 Å². The Bertz CT molecular complexity index is 335. The summed E-state index contributed by atoms with van der Waals surface area (Å²) < 4.78 is 4.91. The van der Waals surface area contributed by atoms with E-state index < -0.39 is 36.5 Å². The normalized spacial score (nSPS) is 26.7. The molecule has 18 heavy (non-hydrogen) atoms. The fourth-order valence-electron chi connectivity index (χ4n) is 1.49. The first kappa shape index (κ1) is 14.8. The fraction of sp³-hybridized carbons (Fsp3) is 0.583. The summed E-state index contributed by atoms with van der Waals surface area (Å²) in [6.07, 6.45) is 0.169. The first-order valence-electron chi connectivity index (χ1n) is 5.69. The number of carbonyl (C=O) groups is 1. The van der Waals surface area contributed by atoms with Gasteiger partial charge in [0.1, 0.15) is 24.4 Å². The number of aliphatic hydroxyl groups excluding tert-OH is 4. The molecule has 5 atom stereocenters. The number of rotatable bonds is 5. The van der Waals surface area contributed by atoms with Crippen LogP contribution in [0.5, 0.6) is 0 Å².